The third-order valence-electron chi connectivity index (χ3n) is 5.88. The van der Waals surface area contributed by atoms with Crippen molar-refractivity contribution in [3.63, 3.8) is 0 Å². The molecule has 2 aliphatic heterocycles. The van der Waals surface area contributed by atoms with Crippen molar-refractivity contribution in [3.05, 3.63) is 0 Å². The summed E-state index contributed by atoms with van der Waals surface area (Å²) in [5.74, 6) is 0.739. The summed E-state index contributed by atoms with van der Waals surface area (Å²) < 4.78 is 6.13. The molecule has 154 valence electrons. The molecule has 0 aromatic carbocycles. The monoisotopic (exact) mass is 368 g/mol. The van der Waals surface area contributed by atoms with Gasteiger partial charge in [0, 0.05) is 52.4 Å². The molecule has 2 rings (SSSR count). The predicted molar refractivity (Wildman–Crippen MR) is 111 cm³/mol. The highest BCUT2D eigenvalue weighted by molar-refractivity contribution is 4.77. The van der Waals surface area contributed by atoms with E-state index in [1.165, 1.54) is 71.7 Å². The summed E-state index contributed by atoms with van der Waals surface area (Å²) in [5, 5.41) is 0. The molecule has 3 unspecified atom stereocenters. The average Bonchev–Trinajstić information content (AvgIpc) is 2.61. The third kappa shape index (κ3) is 8.22. The molecular formula is C21H44N4O. The molecule has 0 radical (unpaired) electrons. The van der Waals surface area contributed by atoms with Gasteiger partial charge in [-0.15, -0.1) is 0 Å². The smallest absolute Gasteiger partial charge is 0.0997 e. The van der Waals surface area contributed by atoms with Gasteiger partial charge in [-0.2, -0.15) is 0 Å². The fourth-order valence-corrected chi connectivity index (χ4v) is 3.96. The van der Waals surface area contributed by atoms with E-state index in [9.17, 15) is 0 Å². The van der Waals surface area contributed by atoms with Gasteiger partial charge in [0.15, 0.2) is 0 Å². The first-order chi connectivity index (χ1) is 12.4. The van der Waals surface area contributed by atoms with Gasteiger partial charge in [0.25, 0.3) is 0 Å². The molecule has 2 saturated heterocycles. The van der Waals surface area contributed by atoms with Crippen LogP contribution in [-0.4, -0.2) is 104 Å². The van der Waals surface area contributed by atoms with Crippen molar-refractivity contribution in [3.8, 4) is 0 Å². The molecular weight excluding hydrogens is 324 g/mol. The van der Waals surface area contributed by atoms with Crippen molar-refractivity contribution < 1.29 is 4.74 Å². The van der Waals surface area contributed by atoms with Gasteiger partial charge in [0.1, 0.15) is 0 Å². The lowest BCUT2D eigenvalue weighted by Gasteiger charge is -2.38. The molecule has 0 aromatic rings. The second kappa shape index (κ2) is 11.0. The number of nitrogens with zero attached hydrogens (tertiary/aromatic N) is 4. The second-order valence-corrected chi connectivity index (χ2v) is 9.17. The maximum absolute atomic E-state index is 6.13. The number of rotatable bonds is 4. The number of hydrogen-bond donors (Lipinski definition) is 0. The highest BCUT2D eigenvalue weighted by Crippen LogP contribution is 2.14. The van der Waals surface area contributed by atoms with Crippen LogP contribution in [0.1, 0.15) is 47.5 Å². The molecule has 0 saturated carbocycles. The van der Waals surface area contributed by atoms with Gasteiger partial charge in [0.05, 0.1) is 12.3 Å². The first-order valence-corrected chi connectivity index (χ1v) is 10.9. The molecule has 0 amide bonds. The van der Waals surface area contributed by atoms with Crippen molar-refractivity contribution in [1.29, 1.82) is 0 Å². The van der Waals surface area contributed by atoms with Crippen LogP contribution in [0.15, 0.2) is 0 Å². The molecule has 5 nitrogen and oxygen atoms in total. The second-order valence-electron chi connectivity index (χ2n) is 9.17. The van der Waals surface area contributed by atoms with Crippen LogP contribution in [0.3, 0.4) is 0 Å². The van der Waals surface area contributed by atoms with E-state index in [0.717, 1.165) is 25.7 Å². The van der Waals surface area contributed by atoms with Gasteiger partial charge in [0.2, 0.25) is 0 Å². The lowest BCUT2D eigenvalue weighted by atomic mass is 10.0. The molecule has 0 aliphatic carbocycles. The zero-order valence-electron chi connectivity index (χ0n) is 18.2. The summed E-state index contributed by atoms with van der Waals surface area (Å²) in [6.45, 7) is 25.1. The van der Waals surface area contributed by atoms with Gasteiger partial charge in [-0.25, -0.2) is 0 Å². The molecule has 2 bridgehead atoms. The summed E-state index contributed by atoms with van der Waals surface area (Å²) >= 11 is 0. The first kappa shape index (κ1) is 22.1. The predicted octanol–water partition coefficient (Wildman–Crippen LogP) is 2.43. The minimum absolute atomic E-state index is 0.0623. The van der Waals surface area contributed by atoms with Gasteiger partial charge in [-0.3, -0.25) is 4.90 Å². The SMILES string of the molecule is CCC1CN2CCN(CC)CCCN(CC2)CCN(COC(C)(C)C)C1. The van der Waals surface area contributed by atoms with Crippen molar-refractivity contribution in [2.45, 2.75) is 53.1 Å². The Balaban J connectivity index is 2.04. The van der Waals surface area contributed by atoms with Crippen LogP contribution in [0.4, 0.5) is 0 Å². The molecule has 2 aliphatic rings. The summed E-state index contributed by atoms with van der Waals surface area (Å²) in [6, 6.07) is 0. The van der Waals surface area contributed by atoms with E-state index in [-0.39, 0.29) is 5.60 Å². The Morgan fingerprint density at radius 1 is 0.769 bits per heavy atom. The Morgan fingerprint density at radius 3 is 2.12 bits per heavy atom. The fourth-order valence-electron chi connectivity index (χ4n) is 3.96. The minimum atomic E-state index is -0.0623. The van der Waals surface area contributed by atoms with Crippen LogP contribution in [-0.2, 0) is 4.74 Å². The van der Waals surface area contributed by atoms with E-state index in [1.807, 2.05) is 0 Å². The zero-order valence-corrected chi connectivity index (χ0v) is 18.2. The zero-order chi connectivity index (χ0) is 19.0. The number of likely N-dealkylation sites (N-methyl/N-ethyl adjacent to an activating group) is 1. The Morgan fingerprint density at radius 2 is 1.42 bits per heavy atom. The van der Waals surface area contributed by atoms with Crippen LogP contribution < -0.4 is 0 Å². The van der Waals surface area contributed by atoms with Crippen molar-refractivity contribution >= 4 is 0 Å². The minimum Gasteiger partial charge on any atom is -0.360 e. The molecule has 0 N–H and O–H groups in total. The Labute approximate surface area is 162 Å². The van der Waals surface area contributed by atoms with E-state index in [0.29, 0.717) is 0 Å². The molecule has 3 atom stereocenters. The maximum Gasteiger partial charge on any atom is 0.0997 e. The molecule has 0 aromatic heterocycles. The van der Waals surface area contributed by atoms with E-state index in [1.54, 1.807) is 0 Å². The normalized spacial score (nSPS) is 31.0. The fraction of sp³-hybridized carbons (Fsp3) is 1.00. The van der Waals surface area contributed by atoms with Gasteiger partial charge in [-0.05, 0) is 52.7 Å². The molecule has 0 spiro atoms. The summed E-state index contributed by atoms with van der Waals surface area (Å²) in [6.07, 6.45) is 2.55. The first-order valence-electron chi connectivity index (χ1n) is 10.9. The van der Waals surface area contributed by atoms with Crippen LogP contribution in [0, 0.1) is 5.92 Å². The number of fused-ring (bicyclic) bond motifs is 3. The largest absolute Gasteiger partial charge is 0.360 e. The van der Waals surface area contributed by atoms with Gasteiger partial charge < -0.3 is 19.4 Å². The number of hydrogen-bond acceptors (Lipinski definition) is 5. The Hall–Kier alpha value is -0.200. The van der Waals surface area contributed by atoms with Crippen molar-refractivity contribution in [1.82, 2.24) is 19.6 Å². The molecule has 2 heterocycles. The van der Waals surface area contributed by atoms with Crippen LogP contribution in [0.5, 0.6) is 0 Å². The average molecular weight is 369 g/mol. The van der Waals surface area contributed by atoms with E-state index < -0.39 is 0 Å². The van der Waals surface area contributed by atoms with Crippen LogP contribution >= 0.6 is 0 Å². The highest BCUT2D eigenvalue weighted by atomic mass is 16.5. The third-order valence-corrected chi connectivity index (χ3v) is 5.88. The van der Waals surface area contributed by atoms with Gasteiger partial charge >= 0.3 is 0 Å². The maximum atomic E-state index is 6.13. The summed E-state index contributed by atoms with van der Waals surface area (Å²) in [4.78, 5) is 10.6. The summed E-state index contributed by atoms with van der Waals surface area (Å²) in [7, 11) is 0. The Bertz CT molecular complexity index is 383. The van der Waals surface area contributed by atoms with Gasteiger partial charge in [-0.1, -0.05) is 20.3 Å². The topological polar surface area (TPSA) is 22.2 Å². The quantitative estimate of drug-likeness (QED) is 0.758. The highest BCUT2D eigenvalue weighted by Gasteiger charge is 2.23. The van der Waals surface area contributed by atoms with E-state index >= 15 is 0 Å². The molecule has 5 heteroatoms. The van der Waals surface area contributed by atoms with Crippen molar-refractivity contribution in [2.75, 3.05) is 78.7 Å². The van der Waals surface area contributed by atoms with Crippen LogP contribution in [0.25, 0.3) is 0 Å². The molecule has 2 fully saturated rings. The summed E-state index contributed by atoms with van der Waals surface area (Å²) in [5.41, 5.74) is -0.0623. The lowest BCUT2D eigenvalue weighted by Crippen LogP contribution is -2.49. The molecule has 26 heavy (non-hydrogen) atoms. The number of ether oxygens (including phenoxy) is 1. The Kier molecular flexibility index (Phi) is 9.31. The van der Waals surface area contributed by atoms with Crippen LogP contribution in [0.2, 0.25) is 0 Å². The standard InChI is InChI=1S/C21H44N4O/c1-6-20-17-24-14-11-22(7-2)9-8-10-23(12-15-24)13-16-25(18-20)19-26-21(3,4)5/h20H,6-19H2,1-5H3. The lowest BCUT2D eigenvalue weighted by molar-refractivity contribution is -0.0713. The van der Waals surface area contributed by atoms with E-state index in [2.05, 4.69) is 54.2 Å². The van der Waals surface area contributed by atoms with Crippen molar-refractivity contribution in [2.24, 2.45) is 5.92 Å². The van der Waals surface area contributed by atoms with E-state index in [4.69, 9.17) is 4.74 Å².